The van der Waals surface area contributed by atoms with E-state index in [1.54, 1.807) is 18.5 Å². The van der Waals surface area contributed by atoms with Crippen molar-refractivity contribution < 1.29 is 19.6 Å². The zero-order valence-electron chi connectivity index (χ0n) is 14.7. The third-order valence-corrected chi connectivity index (χ3v) is 4.51. The number of benzene rings is 1. The van der Waals surface area contributed by atoms with E-state index in [-0.39, 0.29) is 18.2 Å². The van der Waals surface area contributed by atoms with E-state index >= 15 is 0 Å². The Bertz CT molecular complexity index is 608. The number of rotatable bonds is 11. The van der Waals surface area contributed by atoms with Gasteiger partial charge in [-0.3, -0.25) is 19.6 Å². The predicted molar refractivity (Wildman–Crippen MR) is 102 cm³/mol. The van der Waals surface area contributed by atoms with Gasteiger partial charge in [-0.05, 0) is 30.7 Å². The Labute approximate surface area is 157 Å². The maximum absolute atomic E-state index is 12.4. The number of carbonyl (C=O) groups excluding carboxylic acids is 3. The largest absolute Gasteiger partial charge is 0.350 e. The number of amides is 3. The van der Waals surface area contributed by atoms with Gasteiger partial charge in [0.2, 0.25) is 17.7 Å². The second-order valence-electron chi connectivity index (χ2n) is 5.48. The van der Waals surface area contributed by atoms with E-state index in [9.17, 15) is 14.4 Å². The zero-order valence-corrected chi connectivity index (χ0v) is 15.6. The molecular weight excluding hydrogens is 354 g/mol. The van der Waals surface area contributed by atoms with Crippen LogP contribution in [0.5, 0.6) is 0 Å². The third-order valence-electron chi connectivity index (χ3n) is 3.36. The molecule has 0 saturated carbocycles. The van der Waals surface area contributed by atoms with Gasteiger partial charge in [-0.1, -0.05) is 36.4 Å². The highest BCUT2D eigenvalue weighted by Crippen LogP contribution is 2.08. The lowest BCUT2D eigenvalue weighted by Crippen LogP contribution is -2.47. The van der Waals surface area contributed by atoms with Gasteiger partial charge in [-0.2, -0.15) is 11.8 Å². The quantitative estimate of drug-likeness (QED) is 0.201. The van der Waals surface area contributed by atoms with Gasteiger partial charge in [0.05, 0.1) is 0 Å². The number of thioether (sulfide) groups is 1. The maximum atomic E-state index is 12.4. The lowest BCUT2D eigenvalue weighted by molar-refractivity contribution is -0.129. The fraction of sp³-hybridized carbons (Fsp3) is 0.389. The van der Waals surface area contributed by atoms with Crippen molar-refractivity contribution in [2.24, 2.45) is 0 Å². The molecule has 142 valence electrons. The van der Waals surface area contributed by atoms with Crippen molar-refractivity contribution in [3.8, 4) is 0 Å². The van der Waals surface area contributed by atoms with E-state index in [0.717, 1.165) is 5.56 Å². The van der Waals surface area contributed by atoms with Crippen molar-refractivity contribution in [3.63, 3.8) is 0 Å². The monoisotopic (exact) mass is 379 g/mol. The van der Waals surface area contributed by atoms with Crippen LogP contribution < -0.4 is 16.1 Å². The first-order valence-electron chi connectivity index (χ1n) is 8.32. The van der Waals surface area contributed by atoms with Crippen LogP contribution in [0.15, 0.2) is 42.5 Å². The number of carbonyl (C=O) groups is 3. The molecule has 0 heterocycles. The SMILES string of the molecule is C/C=C/C(=O)N[C@@H](CSCCCC(=O)NO)C(=O)NCc1ccccc1. The van der Waals surface area contributed by atoms with E-state index < -0.39 is 11.9 Å². The molecule has 0 aromatic heterocycles. The third kappa shape index (κ3) is 9.24. The zero-order chi connectivity index (χ0) is 19.2. The Morgan fingerprint density at radius 1 is 1.23 bits per heavy atom. The molecule has 0 unspecified atom stereocenters. The predicted octanol–water partition coefficient (Wildman–Crippen LogP) is 1.38. The van der Waals surface area contributed by atoms with E-state index in [1.807, 2.05) is 30.3 Å². The molecule has 0 radical (unpaired) electrons. The van der Waals surface area contributed by atoms with Crippen molar-refractivity contribution in [3.05, 3.63) is 48.0 Å². The average molecular weight is 379 g/mol. The first kappa shape index (κ1) is 21.7. The van der Waals surface area contributed by atoms with Crippen LogP contribution in [0, 0.1) is 0 Å². The molecule has 0 aliphatic heterocycles. The fourth-order valence-corrected chi connectivity index (χ4v) is 3.04. The number of hydroxylamine groups is 1. The van der Waals surface area contributed by atoms with Crippen LogP contribution in [-0.2, 0) is 20.9 Å². The molecule has 4 N–H and O–H groups in total. The minimum atomic E-state index is -0.668. The number of hydrogen-bond donors (Lipinski definition) is 4. The highest BCUT2D eigenvalue weighted by Gasteiger charge is 2.19. The second kappa shape index (κ2) is 13.0. The van der Waals surface area contributed by atoms with Crippen LogP contribution in [0.1, 0.15) is 25.3 Å². The second-order valence-corrected chi connectivity index (χ2v) is 6.63. The standard InChI is InChI=1S/C18H25N3O4S/c1-2-7-16(22)20-15(13-26-11-6-10-17(23)21-25)18(24)19-12-14-8-4-3-5-9-14/h2-5,7-9,15,25H,6,10-13H2,1H3,(H,19,24)(H,20,22)(H,21,23)/b7-2+/t15-/m0/s1. The van der Waals surface area contributed by atoms with Crippen molar-refractivity contribution in [1.82, 2.24) is 16.1 Å². The van der Waals surface area contributed by atoms with Gasteiger partial charge < -0.3 is 10.6 Å². The molecule has 1 aromatic carbocycles. The number of allylic oxidation sites excluding steroid dienone is 1. The maximum Gasteiger partial charge on any atom is 0.244 e. The smallest absolute Gasteiger partial charge is 0.244 e. The van der Waals surface area contributed by atoms with Crippen molar-refractivity contribution in [2.45, 2.75) is 32.4 Å². The minimum Gasteiger partial charge on any atom is -0.350 e. The van der Waals surface area contributed by atoms with E-state index in [4.69, 9.17) is 5.21 Å². The minimum absolute atomic E-state index is 0.208. The van der Waals surface area contributed by atoms with Crippen LogP contribution in [0.4, 0.5) is 0 Å². The molecule has 1 aromatic rings. The topological polar surface area (TPSA) is 108 Å². The molecule has 0 spiro atoms. The highest BCUT2D eigenvalue weighted by atomic mass is 32.2. The molecule has 7 nitrogen and oxygen atoms in total. The first-order valence-corrected chi connectivity index (χ1v) is 9.47. The van der Waals surface area contributed by atoms with Crippen LogP contribution in [0.3, 0.4) is 0 Å². The van der Waals surface area contributed by atoms with Gasteiger partial charge in [-0.25, -0.2) is 5.48 Å². The van der Waals surface area contributed by atoms with E-state index in [2.05, 4.69) is 10.6 Å². The molecule has 26 heavy (non-hydrogen) atoms. The van der Waals surface area contributed by atoms with Gasteiger partial charge in [0.1, 0.15) is 6.04 Å². The molecule has 0 aliphatic carbocycles. The Balaban J connectivity index is 2.49. The molecule has 1 rings (SSSR count). The van der Waals surface area contributed by atoms with E-state index in [1.165, 1.54) is 17.8 Å². The van der Waals surface area contributed by atoms with Crippen LogP contribution in [-0.4, -0.2) is 40.5 Å². The van der Waals surface area contributed by atoms with Crippen LogP contribution in [0.2, 0.25) is 0 Å². The summed E-state index contributed by atoms with van der Waals surface area (Å²) in [7, 11) is 0. The summed E-state index contributed by atoms with van der Waals surface area (Å²) in [5.41, 5.74) is 2.55. The summed E-state index contributed by atoms with van der Waals surface area (Å²) in [6.07, 6.45) is 3.75. The Morgan fingerprint density at radius 2 is 1.96 bits per heavy atom. The summed E-state index contributed by atoms with van der Waals surface area (Å²) in [4.78, 5) is 35.2. The Hall–Kier alpha value is -2.32. The first-order chi connectivity index (χ1) is 12.6. The van der Waals surface area contributed by atoms with Crippen molar-refractivity contribution in [2.75, 3.05) is 11.5 Å². The average Bonchev–Trinajstić information content (AvgIpc) is 2.65. The van der Waals surface area contributed by atoms with Gasteiger partial charge in [0, 0.05) is 18.7 Å². The Morgan fingerprint density at radius 3 is 2.62 bits per heavy atom. The molecule has 0 aliphatic rings. The highest BCUT2D eigenvalue weighted by molar-refractivity contribution is 7.99. The Kier molecular flexibility index (Phi) is 10.8. The van der Waals surface area contributed by atoms with Gasteiger partial charge in [0.15, 0.2) is 0 Å². The van der Waals surface area contributed by atoms with Gasteiger partial charge in [-0.15, -0.1) is 0 Å². The molecule has 0 saturated heterocycles. The summed E-state index contributed by atoms with van der Waals surface area (Å²) in [5, 5.41) is 14.0. The number of hydrogen-bond acceptors (Lipinski definition) is 5. The molecular formula is C18H25N3O4S. The lowest BCUT2D eigenvalue weighted by Gasteiger charge is -2.17. The normalized spacial score (nSPS) is 11.8. The van der Waals surface area contributed by atoms with Gasteiger partial charge >= 0.3 is 0 Å². The molecule has 0 bridgehead atoms. The number of nitrogens with one attached hydrogen (secondary N) is 3. The summed E-state index contributed by atoms with van der Waals surface area (Å²) >= 11 is 1.46. The van der Waals surface area contributed by atoms with Crippen LogP contribution in [0.25, 0.3) is 0 Å². The molecule has 8 heteroatoms. The van der Waals surface area contributed by atoms with Crippen molar-refractivity contribution in [1.29, 1.82) is 0 Å². The summed E-state index contributed by atoms with van der Waals surface area (Å²) < 4.78 is 0. The van der Waals surface area contributed by atoms with Gasteiger partial charge in [0.25, 0.3) is 0 Å². The summed E-state index contributed by atoms with van der Waals surface area (Å²) in [5.74, 6) is 0.00380. The van der Waals surface area contributed by atoms with E-state index in [0.29, 0.717) is 24.5 Å². The summed E-state index contributed by atoms with van der Waals surface area (Å²) in [6.45, 7) is 2.11. The molecule has 0 fully saturated rings. The summed E-state index contributed by atoms with van der Waals surface area (Å²) in [6, 6.07) is 8.85. The fourth-order valence-electron chi connectivity index (χ4n) is 2.05. The molecule has 3 amide bonds. The molecule has 1 atom stereocenters. The van der Waals surface area contributed by atoms with Crippen molar-refractivity contribution >= 4 is 29.5 Å². The van der Waals surface area contributed by atoms with Crippen LogP contribution >= 0.6 is 11.8 Å². The lowest BCUT2D eigenvalue weighted by atomic mass is 10.2.